The maximum atomic E-state index is 13.0. The highest BCUT2D eigenvalue weighted by Crippen LogP contribution is 2.30. The van der Waals surface area contributed by atoms with E-state index in [4.69, 9.17) is 28.9 Å². The Morgan fingerprint density at radius 2 is 1.89 bits per heavy atom. The zero-order valence-corrected chi connectivity index (χ0v) is 11.6. The third-order valence-electron chi connectivity index (χ3n) is 2.35. The van der Waals surface area contributed by atoms with Crippen molar-refractivity contribution < 1.29 is 4.39 Å². The molecule has 0 radical (unpaired) electrons. The van der Waals surface area contributed by atoms with Crippen molar-refractivity contribution in [3.63, 3.8) is 0 Å². The first-order valence-corrected chi connectivity index (χ1v) is 6.92. The summed E-state index contributed by atoms with van der Waals surface area (Å²) in [5, 5.41) is 0.749. The zero-order chi connectivity index (χ0) is 13.1. The Kier molecular flexibility index (Phi) is 4.38. The van der Waals surface area contributed by atoms with Gasteiger partial charge in [-0.05, 0) is 35.9 Å². The minimum atomic E-state index is -0.406. The van der Waals surface area contributed by atoms with Gasteiger partial charge in [-0.25, -0.2) is 4.39 Å². The summed E-state index contributed by atoms with van der Waals surface area (Å²) < 4.78 is 13.0. The molecule has 2 aromatic rings. The second-order valence-corrected chi connectivity index (χ2v) is 5.58. The van der Waals surface area contributed by atoms with Crippen LogP contribution in [0.2, 0.25) is 10.0 Å². The molecule has 0 aliphatic rings. The Morgan fingerprint density at radius 1 is 1.11 bits per heavy atom. The van der Waals surface area contributed by atoms with E-state index >= 15 is 0 Å². The van der Waals surface area contributed by atoms with E-state index in [0.717, 1.165) is 10.5 Å². The van der Waals surface area contributed by atoms with Crippen LogP contribution in [0.15, 0.2) is 41.3 Å². The van der Waals surface area contributed by atoms with Gasteiger partial charge in [0.05, 0.1) is 5.02 Å². The summed E-state index contributed by atoms with van der Waals surface area (Å²) in [6, 6.07) is 10.1. The summed E-state index contributed by atoms with van der Waals surface area (Å²) in [5.41, 5.74) is 7.43. The Morgan fingerprint density at radius 3 is 2.56 bits per heavy atom. The molecule has 0 spiro atoms. The van der Waals surface area contributed by atoms with Crippen LogP contribution in [0.4, 0.5) is 10.1 Å². The molecule has 0 bridgehead atoms. The molecular formula is C13H10Cl2FNS. The monoisotopic (exact) mass is 301 g/mol. The molecular weight excluding hydrogens is 292 g/mol. The number of thioether (sulfide) groups is 1. The predicted octanol–water partition coefficient (Wildman–Crippen LogP) is 5.01. The van der Waals surface area contributed by atoms with Crippen molar-refractivity contribution in [2.24, 2.45) is 0 Å². The smallest absolute Gasteiger partial charge is 0.141 e. The van der Waals surface area contributed by atoms with Gasteiger partial charge in [0.15, 0.2) is 0 Å². The Bertz CT molecular complexity index is 575. The minimum Gasteiger partial charge on any atom is -0.398 e. The number of halogens is 3. The van der Waals surface area contributed by atoms with Gasteiger partial charge in [-0.3, -0.25) is 0 Å². The normalized spacial score (nSPS) is 10.6. The van der Waals surface area contributed by atoms with E-state index in [1.807, 2.05) is 6.07 Å². The summed E-state index contributed by atoms with van der Waals surface area (Å²) in [7, 11) is 0. The summed E-state index contributed by atoms with van der Waals surface area (Å²) in [6.07, 6.45) is 0. The van der Waals surface area contributed by atoms with Crippen LogP contribution in [-0.2, 0) is 5.75 Å². The fraction of sp³-hybridized carbons (Fsp3) is 0.0769. The Balaban J connectivity index is 2.09. The van der Waals surface area contributed by atoms with Gasteiger partial charge in [0.1, 0.15) is 5.82 Å². The van der Waals surface area contributed by atoms with Gasteiger partial charge in [0, 0.05) is 21.4 Å². The van der Waals surface area contributed by atoms with Crippen molar-refractivity contribution in [1.82, 2.24) is 0 Å². The lowest BCUT2D eigenvalue weighted by Crippen LogP contribution is -1.89. The van der Waals surface area contributed by atoms with Crippen molar-refractivity contribution in [2.45, 2.75) is 10.6 Å². The standard InChI is InChI=1S/C13H10Cl2FNS/c14-9-2-4-13(12(17)6-9)18-7-8-1-3-11(16)10(15)5-8/h1-6H,7,17H2. The Labute approximate surface area is 119 Å². The molecule has 0 saturated carbocycles. The third-order valence-corrected chi connectivity index (χ3v) is 4.04. The third kappa shape index (κ3) is 3.31. The number of hydrogen-bond acceptors (Lipinski definition) is 2. The quantitative estimate of drug-likeness (QED) is 0.637. The molecule has 0 aromatic heterocycles. The van der Waals surface area contributed by atoms with Crippen LogP contribution in [0, 0.1) is 5.82 Å². The van der Waals surface area contributed by atoms with E-state index in [1.54, 1.807) is 36.0 Å². The molecule has 1 nitrogen and oxygen atoms in total. The maximum absolute atomic E-state index is 13.0. The highest BCUT2D eigenvalue weighted by Gasteiger charge is 2.04. The molecule has 0 saturated heterocycles. The average molecular weight is 302 g/mol. The fourth-order valence-corrected chi connectivity index (χ4v) is 2.72. The van der Waals surface area contributed by atoms with Gasteiger partial charge in [-0.1, -0.05) is 29.3 Å². The second-order valence-electron chi connectivity index (χ2n) is 3.72. The minimum absolute atomic E-state index is 0.136. The van der Waals surface area contributed by atoms with E-state index in [2.05, 4.69) is 0 Å². The van der Waals surface area contributed by atoms with Crippen LogP contribution in [0.25, 0.3) is 0 Å². The van der Waals surface area contributed by atoms with Crippen LogP contribution in [0.1, 0.15) is 5.56 Å². The lowest BCUT2D eigenvalue weighted by atomic mass is 10.2. The van der Waals surface area contributed by atoms with Crippen LogP contribution in [0.3, 0.4) is 0 Å². The lowest BCUT2D eigenvalue weighted by molar-refractivity contribution is 0.628. The first-order chi connectivity index (χ1) is 8.56. The van der Waals surface area contributed by atoms with Gasteiger partial charge in [0.25, 0.3) is 0 Å². The van der Waals surface area contributed by atoms with Gasteiger partial charge < -0.3 is 5.73 Å². The summed E-state index contributed by atoms with van der Waals surface area (Å²) in [6.45, 7) is 0. The maximum Gasteiger partial charge on any atom is 0.141 e. The van der Waals surface area contributed by atoms with Crippen LogP contribution in [0.5, 0.6) is 0 Å². The molecule has 5 heteroatoms. The second kappa shape index (κ2) is 5.83. The fourth-order valence-electron chi connectivity index (χ4n) is 1.44. The molecule has 0 aliphatic heterocycles. The summed E-state index contributed by atoms with van der Waals surface area (Å²) in [5.74, 6) is 0.266. The average Bonchev–Trinajstić information content (AvgIpc) is 2.32. The van der Waals surface area contributed by atoms with Crippen molar-refractivity contribution in [3.8, 4) is 0 Å². The number of nitrogens with two attached hydrogens (primary N) is 1. The van der Waals surface area contributed by atoms with E-state index < -0.39 is 5.82 Å². The van der Waals surface area contributed by atoms with Crippen molar-refractivity contribution in [3.05, 3.63) is 57.8 Å². The molecule has 0 unspecified atom stereocenters. The van der Waals surface area contributed by atoms with Gasteiger partial charge in [-0.2, -0.15) is 0 Å². The number of nitrogen functional groups attached to an aromatic ring is 1. The molecule has 2 N–H and O–H groups in total. The molecule has 0 fully saturated rings. The zero-order valence-electron chi connectivity index (χ0n) is 9.29. The lowest BCUT2D eigenvalue weighted by Gasteiger charge is -2.06. The first-order valence-electron chi connectivity index (χ1n) is 5.18. The van der Waals surface area contributed by atoms with Crippen molar-refractivity contribution in [1.29, 1.82) is 0 Å². The molecule has 0 aliphatic carbocycles. The van der Waals surface area contributed by atoms with Gasteiger partial charge in [-0.15, -0.1) is 11.8 Å². The molecule has 0 amide bonds. The number of rotatable bonds is 3. The number of hydrogen-bond donors (Lipinski definition) is 1. The molecule has 0 heterocycles. The van der Waals surface area contributed by atoms with Gasteiger partial charge >= 0.3 is 0 Å². The highest BCUT2D eigenvalue weighted by molar-refractivity contribution is 7.98. The highest BCUT2D eigenvalue weighted by atomic mass is 35.5. The van der Waals surface area contributed by atoms with Crippen molar-refractivity contribution in [2.75, 3.05) is 5.73 Å². The molecule has 94 valence electrons. The Hall–Kier alpha value is -0.900. The molecule has 18 heavy (non-hydrogen) atoms. The molecule has 0 atom stereocenters. The summed E-state index contributed by atoms with van der Waals surface area (Å²) in [4.78, 5) is 0.944. The number of benzene rings is 2. The van der Waals surface area contributed by atoms with E-state index in [1.165, 1.54) is 6.07 Å². The molecule has 2 aromatic carbocycles. The first kappa shape index (κ1) is 13.5. The van der Waals surface area contributed by atoms with Crippen LogP contribution in [-0.4, -0.2) is 0 Å². The number of anilines is 1. The van der Waals surface area contributed by atoms with E-state index in [0.29, 0.717) is 16.5 Å². The summed E-state index contributed by atoms with van der Waals surface area (Å²) >= 11 is 13.1. The van der Waals surface area contributed by atoms with Crippen molar-refractivity contribution >= 4 is 40.7 Å². The SMILES string of the molecule is Nc1cc(Cl)ccc1SCc1ccc(F)c(Cl)c1. The molecule has 2 rings (SSSR count). The van der Waals surface area contributed by atoms with Gasteiger partial charge in [0.2, 0.25) is 0 Å². The topological polar surface area (TPSA) is 26.0 Å². The predicted molar refractivity (Wildman–Crippen MR) is 76.8 cm³/mol. The largest absolute Gasteiger partial charge is 0.398 e. The van der Waals surface area contributed by atoms with Crippen LogP contribution < -0.4 is 5.73 Å². The van der Waals surface area contributed by atoms with E-state index in [9.17, 15) is 4.39 Å². The van der Waals surface area contributed by atoms with Crippen LogP contribution >= 0.6 is 35.0 Å². The van der Waals surface area contributed by atoms with E-state index in [-0.39, 0.29) is 5.02 Å².